The topological polar surface area (TPSA) is 32.3 Å². The zero-order valence-electron chi connectivity index (χ0n) is 11.3. The van der Waals surface area contributed by atoms with Gasteiger partial charge in [-0.15, -0.1) is 0 Å². The van der Waals surface area contributed by atoms with Crippen LogP contribution in [0.1, 0.15) is 44.2 Å². The summed E-state index contributed by atoms with van der Waals surface area (Å²) in [5.74, 6) is 0.349. The molecule has 1 unspecified atom stereocenters. The number of aromatic hydroxyl groups is 1. The minimum Gasteiger partial charge on any atom is -0.508 e. The maximum absolute atomic E-state index is 9.51. The number of hydrogen-bond acceptors (Lipinski definition) is 3. The fraction of sp³-hybridized carbons (Fsp3) is 0.600. The summed E-state index contributed by atoms with van der Waals surface area (Å²) >= 11 is 2.01. The Kier molecular flexibility index (Phi) is 4.57. The monoisotopic (exact) mass is 265 g/mol. The molecule has 0 bridgehead atoms. The van der Waals surface area contributed by atoms with Gasteiger partial charge in [0.1, 0.15) is 5.75 Å². The van der Waals surface area contributed by atoms with Crippen molar-refractivity contribution in [3.63, 3.8) is 0 Å². The fourth-order valence-electron chi connectivity index (χ4n) is 2.72. The lowest BCUT2D eigenvalue weighted by Gasteiger charge is -2.29. The van der Waals surface area contributed by atoms with Gasteiger partial charge in [0, 0.05) is 17.3 Å². The van der Waals surface area contributed by atoms with E-state index in [0.717, 1.165) is 12.1 Å². The average Bonchev–Trinajstić information content (AvgIpc) is 2.85. The molecule has 0 heterocycles. The highest BCUT2D eigenvalue weighted by Crippen LogP contribution is 2.40. The van der Waals surface area contributed by atoms with Crippen LogP contribution in [0.2, 0.25) is 0 Å². The van der Waals surface area contributed by atoms with Crippen LogP contribution in [0.25, 0.3) is 0 Å². The van der Waals surface area contributed by atoms with E-state index in [1.165, 1.54) is 25.7 Å². The molecule has 0 spiro atoms. The first-order valence-corrected chi connectivity index (χ1v) is 7.95. The minimum atomic E-state index is 0.293. The first-order chi connectivity index (χ1) is 8.65. The fourth-order valence-corrected chi connectivity index (χ4v) is 3.65. The van der Waals surface area contributed by atoms with E-state index >= 15 is 0 Å². The van der Waals surface area contributed by atoms with Gasteiger partial charge in [-0.1, -0.05) is 25.0 Å². The van der Waals surface area contributed by atoms with Crippen LogP contribution in [-0.4, -0.2) is 22.7 Å². The van der Waals surface area contributed by atoms with Crippen molar-refractivity contribution in [1.82, 2.24) is 5.32 Å². The van der Waals surface area contributed by atoms with Crippen molar-refractivity contribution in [1.29, 1.82) is 0 Å². The van der Waals surface area contributed by atoms with E-state index < -0.39 is 0 Å². The van der Waals surface area contributed by atoms with Crippen molar-refractivity contribution in [3.05, 3.63) is 29.8 Å². The Morgan fingerprint density at radius 3 is 2.72 bits per heavy atom. The van der Waals surface area contributed by atoms with E-state index in [2.05, 4.69) is 24.6 Å². The van der Waals surface area contributed by atoms with Gasteiger partial charge in [0.15, 0.2) is 0 Å². The molecule has 1 aliphatic carbocycles. The molecule has 0 saturated heterocycles. The van der Waals surface area contributed by atoms with Crippen molar-refractivity contribution >= 4 is 11.8 Å². The van der Waals surface area contributed by atoms with E-state index in [1.807, 2.05) is 23.9 Å². The summed E-state index contributed by atoms with van der Waals surface area (Å²) in [6, 6.07) is 7.83. The highest BCUT2D eigenvalue weighted by Gasteiger charge is 2.32. The van der Waals surface area contributed by atoms with Gasteiger partial charge < -0.3 is 10.4 Å². The number of nitrogens with one attached hydrogen (secondary N) is 1. The summed E-state index contributed by atoms with van der Waals surface area (Å²) in [6.07, 6.45) is 7.61. The first-order valence-electron chi connectivity index (χ1n) is 6.73. The van der Waals surface area contributed by atoms with E-state index in [9.17, 15) is 5.11 Å². The molecular formula is C15H23NOS. The molecule has 1 fully saturated rings. The first kappa shape index (κ1) is 13.8. The van der Waals surface area contributed by atoms with E-state index in [0.29, 0.717) is 16.5 Å². The third kappa shape index (κ3) is 3.21. The number of rotatable bonds is 5. The van der Waals surface area contributed by atoms with E-state index in [1.54, 1.807) is 6.07 Å². The van der Waals surface area contributed by atoms with Crippen LogP contribution in [0.15, 0.2) is 24.3 Å². The maximum Gasteiger partial charge on any atom is 0.115 e. The van der Waals surface area contributed by atoms with E-state index in [-0.39, 0.29) is 0 Å². The van der Waals surface area contributed by atoms with Crippen molar-refractivity contribution in [2.45, 2.75) is 43.4 Å². The van der Waals surface area contributed by atoms with Gasteiger partial charge in [-0.05, 0) is 43.7 Å². The van der Waals surface area contributed by atoms with Gasteiger partial charge in [0.25, 0.3) is 0 Å². The SMILES string of the molecule is CSC1(CNC(C)c2cccc(O)c2)CCCC1. The Morgan fingerprint density at radius 2 is 2.11 bits per heavy atom. The predicted octanol–water partition coefficient (Wildman–Crippen LogP) is 3.72. The third-order valence-electron chi connectivity index (χ3n) is 4.05. The highest BCUT2D eigenvalue weighted by atomic mass is 32.2. The maximum atomic E-state index is 9.51. The molecule has 2 N–H and O–H groups in total. The van der Waals surface area contributed by atoms with Crippen LogP contribution >= 0.6 is 11.8 Å². The lowest BCUT2D eigenvalue weighted by molar-refractivity contribution is 0.466. The number of hydrogen-bond donors (Lipinski definition) is 2. The average molecular weight is 265 g/mol. The van der Waals surface area contributed by atoms with Gasteiger partial charge in [-0.2, -0.15) is 11.8 Å². The van der Waals surface area contributed by atoms with Gasteiger partial charge in [-0.25, -0.2) is 0 Å². The molecule has 1 aromatic carbocycles. The molecule has 0 amide bonds. The number of thioether (sulfide) groups is 1. The van der Waals surface area contributed by atoms with Crippen LogP contribution in [0.3, 0.4) is 0 Å². The van der Waals surface area contributed by atoms with Crippen LogP contribution in [0, 0.1) is 0 Å². The molecule has 18 heavy (non-hydrogen) atoms. The molecule has 1 aromatic rings. The highest BCUT2D eigenvalue weighted by molar-refractivity contribution is 8.00. The minimum absolute atomic E-state index is 0.293. The molecule has 1 aliphatic rings. The lowest BCUT2D eigenvalue weighted by Crippen LogP contribution is -2.36. The second-order valence-electron chi connectivity index (χ2n) is 5.29. The van der Waals surface area contributed by atoms with Crippen LogP contribution in [-0.2, 0) is 0 Å². The summed E-state index contributed by atoms with van der Waals surface area (Å²) in [4.78, 5) is 0. The van der Waals surface area contributed by atoms with Crippen molar-refractivity contribution in [2.24, 2.45) is 0 Å². The Labute approximate surface area is 114 Å². The molecule has 0 aliphatic heterocycles. The van der Waals surface area contributed by atoms with Gasteiger partial charge >= 0.3 is 0 Å². The standard InChI is InChI=1S/C15H23NOS/c1-12(13-6-5-7-14(17)10-13)16-11-15(18-2)8-3-4-9-15/h5-7,10,12,16-17H,3-4,8-9,11H2,1-2H3. The third-order valence-corrected chi connectivity index (χ3v) is 5.47. The molecule has 0 radical (unpaired) electrons. The molecule has 0 aromatic heterocycles. The summed E-state index contributed by atoms with van der Waals surface area (Å²) < 4.78 is 0.436. The largest absolute Gasteiger partial charge is 0.508 e. The number of phenols is 1. The van der Waals surface area contributed by atoms with E-state index in [4.69, 9.17) is 0 Å². The van der Waals surface area contributed by atoms with Gasteiger partial charge in [0.2, 0.25) is 0 Å². The lowest BCUT2D eigenvalue weighted by atomic mass is 10.0. The molecule has 3 heteroatoms. The smallest absolute Gasteiger partial charge is 0.115 e. The molecule has 2 nitrogen and oxygen atoms in total. The Morgan fingerprint density at radius 1 is 1.39 bits per heavy atom. The zero-order valence-corrected chi connectivity index (χ0v) is 12.1. The normalized spacial score (nSPS) is 19.9. The Hall–Kier alpha value is -0.670. The summed E-state index contributed by atoms with van der Waals surface area (Å²) in [7, 11) is 0. The zero-order chi connectivity index (χ0) is 13.0. The summed E-state index contributed by atoms with van der Waals surface area (Å²) in [5.41, 5.74) is 1.16. The Bertz CT molecular complexity index is 388. The quantitative estimate of drug-likeness (QED) is 0.851. The van der Waals surface area contributed by atoms with Gasteiger partial charge in [-0.3, -0.25) is 0 Å². The summed E-state index contributed by atoms with van der Waals surface area (Å²) in [5, 5.41) is 13.1. The van der Waals surface area contributed by atoms with Crippen LogP contribution in [0.5, 0.6) is 5.75 Å². The van der Waals surface area contributed by atoms with Gasteiger partial charge in [0.05, 0.1) is 0 Å². The second-order valence-corrected chi connectivity index (χ2v) is 6.57. The molecule has 1 saturated carbocycles. The van der Waals surface area contributed by atoms with Crippen molar-refractivity contribution in [2.75, 3.05) is 12.8 Å². The molecule has 1 atom stereocenters. The van der Waals surface area contributed by atoms with Crippen molar-refractivity contribution < 1.29 is 5.11 Å². The second kappa shape index (κ2) is 5.98. The summed E-state index contributed by atoms with van der Waals surface area (Å²) in [6.45, 7) is 3.22. The van der Waals surface area contributed by atoms with Crippen LogP contribution in [0.4, 0.5) is 0 Å². The predicted molar refractivity (Wildman–Crippen MR) is 79.2 cm³/mol. The number of benzene rings is 1. The number of phenolic OH excluding ortho intramolecular Hbond substituents is 1. The molecular weight excluding hydrogens is 242 g/mol. The molecule has 100 valence electrons. The Balaban J connectivity index is 1.93. The van der Waals surface area contributed by atoms with Crippen LogP contribution < -0.4 is 5.32 Å². The molecule has 2 rings (SSSR count). The van der Waals surface area contributed by atoms with Crippen molar-refractivity contribution in [3.8, 4) is 5.75 Å².